The molecule has 80 valence electrons. The van der Waals surface area contributed by atoms with E-state index in [1.807, 2.05) is 0 Å². The van der Waals surface area contributed by atoms with Crippen molar-refractivity contribution >= 4 is 11.9 Å². The predicted octanol–water partition coefficient (Wildman–Crippen LogP) is 1.28. The van der Waals surface area contributed by atoms with E-state index in [0.717, 1.165) is 26.1 Å². The minimum absolute atomic E-state index is 0.248. The van der Waals surface area contributed by atoms with Crippen LogP contribution in [0.25, 0.3) is 0 Å². The molecule has 0 saturated carbocycles. The number of hydrogen-bond donors (Lipinski definition) is 0. The van der Waals surface area contributed by atoms with Gasteiger partial charge >= 0.3 is 11.9 Å². The first kappa shape index (κ1) is 11.2. The summed E-state index contributed by atoms with van der Waals surface area (Å²) in [5, 5.41) is 0. The predicted molar refractivity (Wildman–Crippen MR) is 49.6 cm³/mol. The van der Waals surface area contributed by atoms with E-state index in [-0.39, 0.29) is 6.42 Å². The van der Waals surface area contributed by atoms with Gasteiger partial charge in [-0.1, -0.05) is 6.92 Å². The van der Waals surface area contributed by atoms with Crippen molar-refractivity contribution in [1.82, 2.24) is 0 Å². The highest BCUT2D eigenvalue weighted by atomic mass is 16.6. The number of carbonyl (C=O) groups is 2. The van der Waals surface area contributed by atoms with Crippen LogP contribution in [0.2, 0.25) is 0 Å². The Kier molecular flexibility index (Phi) is 4.59. The summed E-state index contributed by atoms with van der Waals surface area (Å²) in [5.74, 6) is -0.402. The van der Waals surface area contributed by atoms with Crippen molar-refractivity contribution in [2.24, 2.45) is 5.92 Å². The molecule has 1 fully saturated rings. The molecule has 1 rings (SSSR count). The van der Waals surface area contributed by atoms with E-state index in [1.54, 1.807) is 6.92 Å². The lowest BCUT2D eigenvalue weighted by Crippen LogP contribution is -2.12. The molecule has 0 aromatic rings. The van der Waals surface area contributed by atoms with Gasteiger partial charge in [0, 0.05) is 26.1 Å². The van der Waals surface area contributed by atoms with E-state index in [4.69, 9.17) is 4.74 Å². The highest BCUT2D eigenvalue weighted by Gasteiger charge is 2.17. The monoisotopic (exact) mass is 200 g/mol. The Morgan fingerprint density at radius 1 is 1.43 bits per heavy atom. The van der Waals surface area contributed by atoms with Gasteiger partial charge in [-0.25, -0.2) is 0 Å². The third-order valence-corrected chi connectivity index (χ3v) is 2.30. The fourth-order valence-corrected chi connectivity index (χ4v) is 1.38. The van der Waals surface area contributed by atoms with Crippen LogP contribution in [0, 0.1) is 5.92 Å². The van der Waals surface area contributed by atoms with Crippen molar-refractivity contribution < 1.29 is 19.1 Å². The first-order chi connectivity index (χ1) is 6.72. The van der Waals surface area contributed by atoms with Gasteiger partial charge in [0.25, 0.3) is 0 Å². The number of carbonyl (C=O) groups excluding carboxylic acids is 2. The summed E-state index contributed by atoms with van der Waals surface area (Å²) in [5.41, 5.74) is 0. The first-order valence-corrected chi connectivity index (χ1v) is 5.03. The van der Waals surface area contributed by atoms with Crippen LogP contribution < -0.4 is 0 Å². The largest absolute Gasteiger partial charge is 0.393 e. The highest BCUT2D eigenvalue weighted by molar-refractivity contribution is 5.85. The summed E-state index contributed by atoms with van der Waals surface area (Å²) in [6, 6.07) is 0. The van der Waals surface area contributed by atoms with E-state index < -0.39 is 11.9 Å². The van der Waals surface area contributed by atoms with Crippen LogP contribution in [-0.2, 0) is 19.1 Å². The molecule has 0 radical (unpaired) electrons. The van der Waals surface area contributed by atoms with Crippen LogP contribution in [0.5, 0.6) is 0 Å². The lowest BCUT2D eigenvalue weighted by atomic mass is 10.0. The normalized spacial score (nSPS) is 20.8. The number of esters is 2. The Balaban J connectivity index is 2.11. The van der Waals surface area contributed by atoms with Gasteiger partial charge in [0.1, 0.15) is 0 Å². The zero-order valence-corrected chi connectivity index (χ0v) is 8.45. The Bertz CT molecular complexity index is 206. The lowest BCUT2D eigenvalue weighted by molar-refractivity contribution is -0.159. The second kappa shape index (κ2) is 5.75. The van der Waals surface area contributed by atoms with Crippen molar-refractivity contribution in [2.75, 3.05) is 13.2 Å². The van der Waals surface area contributed by atoms with Crippen LogP contribution in [0.1, 0.15) is 32.6 Å². The fraction of sp³-hybridized carbons (Fsp3) is 0.800. The van der Waals surface area contributed by atoms with Gasteiger partial charge in [-0.2, -0.15) is 0 Å². The zero-order valence-electron chi connectivity index (χ0n) is 8.45. The van der Waals surface area contributed by atoms with E-state index in [0.29, 0.717) is 12.3 Å². The number of hydrogen-bond acceptors (Lipinski definition) is 4. The standard InChI is InChI=1S/C10H16O4/c1-2-9(11)14-10(12)4-3-8-5-6-13-7-8/h8H,2-7H2,1H3/t8-/m1/s1. The van der Waals surface area contributed by atoms with Crippen molar-refractivity contribution in [3.05, 3.63) is 0 Å². The van der Waals surface area contributed by atoms with Crippen molar-refractivity contribution in [3.8, 4) is 0 Å². The van der Waals surface area contributed by atoms with Gasteiger partial charge in [0.05, 0.1) is 0 Å². The molecule has 4 heteroatoms. The lowest BCUT2D eigenvalue weighted by Gasteiger charge is -2.05. The average molecular weight is 200 g/mol. The van der Waals surface area contributed by atoms with Crippen LogP contribution in [0.3, 0.4) is 0 Å². The quantitative estimate of drug-likeness (QED) is 0.506. The topological polar surface area (TPSA) is 52.6 Å². The van der Waals surface area contributed by atoms with Crippen LogP contribution in [0.4, 0.5) is 0 Å². The molecule has 1 aliphatic rings. The van der Waals surface area contributed by atoms with Gasteiger partial charge in [-0.15, -0.1) is 0 Å². The SMILES string of the molecule is CCC(=O)OC(=O)CC[C@@H]1CCOC1. The maximum Gasteiger partial charge on any atom is 0.313 e. The van der Waals surface area contributed by atoms with E-state index in [9.17, 15) is 9.59 Å². The fourth-order valence-electron chi connectivity index (χ4n) is 1.38. The van der Waals surface area contributed by atoms with Gasteiger partial charge in [-0.05, 0) is 18.8 Å². The molecule has 0 bridgehead atoms. The van der Waals surface area contributed by atoms with E-state index in [1.165, 1.54) is 0 Å². The van der Waals surface area contributed by atoms with Gasteiger partial charge in [-0.3, -0.25) is 9.59 Å². The molecule has 0 aromatic carbocycles. The van der Waals surface area contributed by atoms with Gasteiger partial charge in [0.15, 0.2) is 0 Å². The summed E-state index contributed by atoms with van der Waals surface area (Å²) in [7, 11) is 0. The third kappa shape index (κ3) is 3.87. The molecule has 1 saturated heterocycles. The Hall–Kier alpha value is -0.900. The van der Waals surface area contributed by atoms with E-state index in [2.05, 4.69) is 4.74 Å². The molecule has 0 spiro atoms. The minimum Gasteiger partial charge on any atom is -0.393 e. The smallest absolute Gasteiger partial charge is 0.313 e. The summed E-state index contributed by atoms with van der Waals surface area (Å²) in [6.45, 7) is 3.18. The molecule has 14 heavy (non-hydrogen) atoms. The van der Waals surface area contributed by atoms with Crippen LogP contribution in [-0.4, -0.2) is 25.2 Å². The molecule has 1 atom stereocenters. The molecule has 0 amide bonds. The summed E-state index contributed by atoms with van der Waals surface area (Å²) < 4.78 is 9.71. The van der Waals surface area contributed by atoms with Crippen molar-refractivity contribution in [2.45, 2.75) is 32.6 Å². The summed E-state index contributed by atoms with van der Waals surface area (Å²) in [6.07, 6.45) is 2.34. The molecule has 1 heterocycles. The molecular formula is C10H16O4. The second-order valence-electron chi connectivity index (χ2n) is 3.47. The molecule has 0 aromatic heterocycles. The third-order valence-electron chi connectivity index (χ3n) is 2.30. The number of ether oxygens (including phenoxy) is 2. The Labute approximate surface area is 83.6 Å². The van der Waals surface area contributed by atoms with Gasteiger partial charge in [0.2, 0.25) is 0 Å². The minimum atomic E-state index is -0.447. The molecule has 0 N–H and O–H groups in total. The highest BCUT2D eigenvalue weighted by Crippen LogP contribution is 2.18. The van der Waals surface area contributed by atoms with Crippen LogP contribution >= 0.6 is 0 Å². The first-order valence-electron chi connectivity index (χ1n) is 5.03. The average Bonchev–Trinajstić information content (AvgIpc) is 2.67. The maximum atomic E-state index is 11.1. The molecule has 1 aliphatic heterocycles. The Morgan fingerprint density at radius 2 is 2.21 bits per heavy atom. The number of rotatable bonds is 4. The summed E-state index contributed by atoms with van der Waals surface area (Å²) >= 11 is 0. The molecule has 4 nitrogen and oxygen atoms in total. The zero-order chi connectivity index (χ0) is 10.4. The Morgan fingerprint density at radius 3 is 2.79 bits per heavy atom. The second-order valence-corrected chi connectivity index (χ2v) is 3.47. The van der Waals surface area contributed by atoms with Crippen LogP contribution in [0.15, 0.2) is 0 Å². The molecule has 0 aliphatic carbocycles. The summed E-state index contributed by atoms with van der Waals surface area (Å²) in [4.78, 5) is 21.8. The van der Waals surface area contributed by atoms with E-state index >= 15 is 0 Å². The molecular weight excluding hydrogens is 184 g/mol. The van der Waals surface area contributed by atoms with Gasteiger partial charge < -0.3 is 9.47 Å². The maximum absolute atomic E-state index is 11.1. The van der Waals surface area contributed by atoms with Crippen molar-refractivity contribution in [3.63, 3.8) is 0 Å². The molecule has 0 unspecified atom stereocenters. The van der Waals surface area contributed by atoms with Crippen molar-refractivity contribution in [1.29, 1.82) is 0 Å².